The van der Waals surface area contributed by atoms with Crippen LogP contribution in [0, 0.1) is 17.2 Å². The molecule has 0 saturated carbocycles. The van der Waals surface area contributed by atoms with Crippen LogP contribution in [0.3, 0.4) is 0 Å². The summed E-state index contributed by atoms with van der Waals surface area (Å²) in [6.07, 6.45) is 0.575. The van der Waals surface area contributed by atoms with E-state index in [9.17, 15) is 24.4 Å². The van der Waals surface area contributed by atoms with Gasteiger partial charge in [0, 0.05) is 35.8 Å². The molecule has 0 bridgehead atoms. The van der Waals surface area contributed by atoms with E-state index in [1.165, 1.54) is 11.3 Å². The minimum Gasteiger partial charge on any atom is -0.355 e. The van der Waals surface area contributed by atoms with Crippen molar-refractivity contribution in [3.8, 4) is 17.2 Å². The van der Waals surface area contributed by atoms with Crippen molar-refractivity contribution in [3.63, 3.8) is 0 Å². The van der Waals surface area contributed by atoms with Crippen molar-refractivity contribution >= 4 is 35.0 Å². The summed E-state index contributed by atoms with van der Waals surface area (Å²) in [6, 6.07) is 16.6. The van der Waals surface area contributed by atoms with Gasteiger partial charge in [0.05, 0.1) is 12.1 Å². The molecule has 0 fully saturated rings. The third-order valence-electron chi connectivity index (χ3n) is 7.67. The molecule has 0 aliphatic carbocycles. The average molecular weight is 645 g/mol. The monoisotopic (exact) mass is 644 g/mol. The lowest BCUT2D eigenvalue weighted by atomic mass is 9.98. The molecule has 4 amide bonds. The topological polar surface area (TPSA) is 152 Å². The molecule has 1 heterocycles. The summed E-state index contributed by atoms with van der Waals surface area (Å²) in [4.78, 5) is 52.8. The molecular formula is C35H44N6O4S. The van der Waals surface area contributed by atoms with Crippen LogP contribution in [0.1, 0.15) is 85.2 Å². The molecule has 4 atom stereocenters. The molecule has 2 aromatic carbocycles. The van der Waals surface area contributed by atoms with Crippen molar-refractivity contribution in [3.05, 3.63) is 81.5 Å². The Morgan fingerprint density at radius 1 is 0.848 bits per heavy atom. The standard InChI is InChI=1S/C35H44N6O4S/c1-7-28(20-38-23(6)32(42)41-31(21(3)4)35(45)37-8-2)40-34(44)27-17-25(29-14-15-46-30(29)19-36)16-26(18-27)33(43)39-22(5)24-12-10-9-11-13-24/h9-18,21-23,28,31,38H,7-8,20H2,1-6H3,(H,37,45)(H,39,43)(H,40,44)(H,41,42)/t22-,23+,28+,31+/m1/s1. The number of nitrogens with zero attached hydrogens (tertiary/aromatic N) is 1. The lowest BCUT2D eigenvalue weighted by Crippen LogP contribution is -2.55. The molecule has 10 nitrogen and oxygen atoms in total. The van der Waals surface area contributed by atoms with Gasteiger partial charge < -0.3 is 26.6 Å². The first-order valence-electron chi connectivity index (χ1n) is 15.6. The normalized spacial score (nSPS) is 13.5. The quantitative estimate of drug-likeness (QED) is 0.164. The summed E-state index contributed by atoms with van der Waals surface area (Å²) >= 11 is 1.29. The van der Waals surface area contributed by atoms with Gasteiger partial charge in [-0.15, -0.1) is 11.3 Å². The van der Waals surface area contributed by atoms with Crippen LogP contribution in [0.4, 0.5) is 0 Å². The van der Waals surface area contributed by atoms with Crippen LogP contribution < -0.4 is 26.6 Å². The fourth-order valence-electron chi connectivity index (χ4n) is 4.85. The molecular weight excluding hydrogens is 600 g/mol. The highest BCUT2D eigenvalue weighted by Crippen LogP contribution is 2.30. The first-order chi connectivity index (χ1) is 22.0. The molecule has 0 unspecified atom stereocenters. The summed E-state index contributed by atoms with van der Waals surface area (Å²) in [7, 11) is 0. The predicted octanol–water partition coefficient (Wildman–Crippen LogP) is 4.54. The zero-order valence-corrected chi connectivity index (χ0v) is 28.1. The van der Waals surface area contributed by atoms with Gasteiger partial charge in [-0.05, 0) is 73.9 Å². The third-order valence-corrected chi connectivity index (χ3v) is 8.49. The van der Waals surface area contributed by atoms with Crippen molar-refractivity contribution in [2.24, 2.45) is 5.92 Å². The molecule has 244 valence electrons. The molecule has 1 aromatic heterocycles. The average Bonchev–Trinajstić information content (AvgIpc) is 3.54. The van der Waals surface area contributed by atoms with Gasteiger partial charge in [-0.2, -0.15) is 5.26 Å². The van der Waals surface area contributed by atoms with Crippen molar-refractivity contribution in [2.45, 2.75) is 72.1 Å². The number of amides is 4. The summed E-state index contributed by atoms with van der Waals surface area (Å²) in [5, 5.41) is 26.2. The molecule has 0 saturated heterocycles. The van der Waals surface area contributed by atoms with E-state index in [1.54, 1.807) is 36.6 Å². The van der Waals surface area contributed by atoms with Crippen molar-refractivity contribution in [1.82, 2.24) is 26.6 Å². The van der Waals surface area contributed by atoms with Gasteiger partial charge in [0.2, 0.25) is 11.8 Å². The van der Waals surface area contributed by atoms with Crippen molar-refractivity contribution < 1.29 is 19.2 Å². The fourth-order valence-corrected chi connectivity index (χ4v) is 5.55. The second-order valence-corrected chi connectivity index (χ2v) is 12.4. The predicted molar refractivity (Wildman–Crippen MR) is 181 cm³/mol. The lowest BCUT2D eigenvalue weighted by Gasteiger charge is -2.25. The zero-order valence-electron chi connectivity index (χ0n) is 27.3. The molecule has 11 heteroatoms. The Balaban J connectivity index is 1.76. The number of hydrogen-bond donors (Lipinski definition) is 5. The van der Waals surface area contributed by atoms with Crippen LogP contribution in [0.5, 0.6) is 0 Å². The Morgan fingerprint density at radius 3 is 2.09 bits per heavy atom. The van der Waals surface area contributed by atoms with Crippen LogP contribution in [-0.2, 0) is 9.59 Å². The van der Waals surface area contributed by atoms with E-state index < -0.39 is 12.1 Å². The molecule has 5 N–H and O–H groups in total. The number of nitrogens with one attached hydrogen (secondary N) is 5. The van der Waals surface area contributed by atoms with Gasteiger partial charge in [-0.3, -0.25) is 19.2 Å². The summed E-state index contributed by atoms with van der Waals surface area (Å²) in [6.45, 7) is 11.9. The van der Waals surface area contributed by atoms with Crippen LogP contribution in [0.2, 0.25) is 0 Å². The van der Waals surface area contributed by atoms with Crippen molar-refractivity contribution in [1.29, 1.82) is 5.26 Å². The van der Waals surface area contributed by atoms with Crippen molar-refractivity contribution in [2.75, 3.05) is 13.1 Å². The minimum absolute atomic E-state index is 0.0898. The highest BCUT2D eigenvalue weighted by Gasteiger charge is 2.26. The van der Waals surface area contributed by atoms with E-state index >= 15 is 0 Å². The SMILES string of the molecule is CCNC(=O)[C@@H](NC(=O)[C@H](C)NC[C@H](CC)NC(=O)c1cc(C(=O)N[C@H](C)c2ccccc2)cc(-c2ccsc2C#N)c1)C(C)C. The number of carbonyl (C=O) groups is 4. The van der Waals surface area contributed by atoms with Gasteiger partial charge in [-0.25, -0.2) is 0 Å². The Bertz CT molecular complexity index is 1550. The number of carbonyl (C=O) groups excluding carboxylic acids is 4. The fraction of sp³-hybridized carbons (Fsp3) is 0.400. The van der Waals surface area contributed by atoms with E-state index in [4.69, 9.17) is 0 Å². The van der Waals surface area contributed by atoms with Gasteiger partial charge in [0.1, 0.15) is 17.0 Å². The first kappa shape index (κ1) is 35.9. The van der Waals surface area contributed by atoms with Crippen LogP contribution in [0.15, 0.2) is 60.0 Å². The van der Waals surface area contributed by atoms with E-state index in [-0.39, 0.29) is 47.2 Å². The van der Waals surface area contributed by atoms with Gasteiger partial charge in [0.15, 0.2) is 0 Å². The Hall–Kier alpha value is -4.53. The van der Waals surface area contributed by atoms with Crippen LogP contribution in [0.25, 0.3) is 11.1 Å². The highest BCUT2D eigenvalue weighted by molar-refractivity contribution is 7.11. The number of hydrogen-bond acceptors (Lipinski definition) is 7. The second-order valence-electron chi connectivity index (χ2n) is 11.5. The van der Waals surface area contributed by atoms with Gasteiger partial charge >= 0.3 is 0 Å². The summed E-state index contributed by atoms with van der Waals surface area (Å²) in [5.41, 5.74) is 2.75. The molecule has 0 aliphatic rings. The molecule has 0 spiro atoms. The van der Waals surface area contributed by atoms with Gasteiger partial charge in [-0.1, -0.05) is 51.1 Å². The Morgan fingerprint density at radius 2 is 1.50 bits per heavy atom. The molecule has 0 aliphatic heterocycles. The number of nitriles is 1. The minimum atomic E-state index is -0.655. The Labute approximate surface area is 275 Å². The summed E-state index contributed by atoms with van der Waals surface area (Å²) < 4.78 is 0. The Kier molecular flexibility index (Phi) is 13.5. The maximum absolute atomic E-state index is 13.6. The zero-order chi connectivity index (χ0) is 33.8. The maximum Gasteiger partial charge on any atom is 0.251 e. The van der Waals surface area contributed by atoms with Crippen LogP contribution >= 0.6 is 11.3 Å². The van der Waals surface area contributed by atoms with Crippen LogP contribution in [-0.4, -0.2) is 54.8 Å². The smallest absolute Gasteiger partial charge is 0.251 e. The number of benzene rings is 2. The van der Waals surface area contributed by atoms with E-state index in [0.717, 1.165) is 5.56 Å². The number of likely N-dealkylation sites (N-methyl/N-ethyl adjacent to an activating group) is 1. The first-order valence-corrected chi connectivity index (χ1v) is 16.5. The third kappa shape index (κ3) is 9.73. The van der Waals surface area contributed by atoms with E-state index in [2.05, 4.69) is 32.7 Å². The molecule has 3 aromatic rings. The number of rotatable bonds is 15. The second kappa shape index (κ2) is 17.2. The largest absolute Gasteiger partial charge is 0.355 e. The maximum atomic E-state index is 13.6. The summed E-state index contributed by atoms with van der Waals surface area (Å²) in [5.74, 6) is -1.37. The van der Waals surface area contributed by atoms with E-state index in [1.807, 2.05) is 65.0 Å². The lowest BCUT2D eigenvalue weighted by molar-refractivity contribution is -0.130. The number of thiophene rings is 1. The highest BCUT2D eigenvalue weighted by atomic mass is 32.1. The molecule has 0 radical (unpaired) electrons. The van der Waals surface area contributed by atoms with Gasteiger partial charge in [0.25, 0.3) is 11.8 Å². The molecule has 3 rings (SSSR count). The molecule has 46 heavy (non-hydrogen) atoms. The van der Waals surface area contributed by atoms with E-state index in [0.29, 0.717) is 41.1 Å².